The first-order valence-corrected chi connectivity index (χ1v) is 4.59. The number of nitrogens with one attached hydrogen (secondary N) is 1. The van der Waals surface area contributed by atoms with E-state index >= 15 is 0 Å². The third-order valence-corrected chi connectivity index (χ3v) is 1.75. The van der Waals surface area contributed by atoms with E-state index in [-0.39, 0.29) is 0 Å². The predicted molar refractivity (Wildman–Crippen MR) is 58.8 cm³/mol. The molecule has 0 aromatic carbocycles. The average molecular weight is 210 g/mol. The van der Waals surface area contributed by atoms with Gasteiger partial charge in [-0.1, -0.05) is 0 Å². The van der Waals surface area contributed by atoms with E-state index in [0.717, 1.165) is 0 Å². The Hall–Kier alpha value is -1.85. The SMILES string of the molecule is CCn1c(/N=C/N(C)C)cc(=O)[nH]c1=O. The van der Waals surface area contributed by atoms with Gasteiger partial charge < -0.3 is 4.90 Å². The highest BCUT2D eigenvalue weighted by Gasteiger charge is 2.01. The summed E-state index contributed by atoms with van der Waals surface area (Å²) in [6.45, 7) is 2.28. The Morgan fingerprint density at radius 1 is 1.53 bits per heavy atom. The molecule has 1 aromatic heterocycles. The highest BCUT2D eigenvalue weighted by Crippen LogP contribution is 2.04. The maximum absolute atomic E-state index is 11.4. The number of aromatic amines is 1. The smallest absolute Gasteiger partial charge is 0.329 e. The van der Waals surface area contributed by atoms with E-state index in [1.165, 1.54) is 10.6 Å². The molecular weight excluding hydrogens is 196 g/mol. The summed E-state index contributed by atoms with van der Waals surface area (Å²) in [6, 6.07) is 1.30. The topological polar surface area (TPSA) is 70.5 Å². The molecule has 1 aromatic rings. The number of aromatic nitrogens is 2. The van der Waals surface area contributed by atoms with Crippen LogP contribution < -0.4 is 11.2 Å². The average Bonchev–Trinajstić information content (AvgIpc) is 2.13. The molecule has 0 aliphatic rings. The second-order valence-corrected chi connectivity index (χ2v) is 3.25. The van der Waals surface area contributed by atoms with Gasteiger partial charge in [0.25, 0.3) is 5.56 Å². The molecule has 0 radical (unpaired) electrons. The zero-order chi connectivity index (χ0) is 11.4. The summed E-state index contributed by atoms with van der Waals surface area (Å²) >= 11 is 0. The molecule has 0 fully saturated rings. The van der Waals surface area contributed by atoms with Crippen LogP contribution in [0.25, 0.3) is 0 Å². The molecule has 6 heteroatoms. The molecule has 1 N–H and O–H groups in total. The second-order valence-electron chi connectivity index (χ2n) is 3.25. The van der Waals surface area contributed by atoms with Gasteiger partial charge in [-0.25, -0.2) is 9.79 Å². The number of rotatable bonds is 3. The van der Waals surface area contributed by atoms with Crippen molar-refractivity contribution in [3.63, 3.8) is 0 Å². The predicted octanol–water partition coefficient (Wildman–Crippen LogP) is -0.222. The van der Waals surface area contributed by atoms with E-state index < -0.39 is 11.2 Å². The Morgan fingerprint density at radius 2 is 2.20 bits per heavy atom. The zero-order valence-corrected chi connectivity index (χ0v) is 9.02. The molecule has 0 aliphatic carbocycles. The van der Waals surface area contributed by atoms with Crippen molar-refractivity contribution in [2.45, 2.75) is 13.5 Å². The van der Waals surface area contributed by atoms with Crippen molar-refractivity contribution in [3.05, 3.63) is 26.9 Å². The van der Waals surface area contributed by atoms with Gasteiger partial charge in [0.1, 0.15) is 5.82 Å². The molecule has 0 saturated heterocycles. The molecule has 15 heavy (non-hydrogen) atoms. The Balaban J connectivity index is 3.27. The summed E-state index contributed by atoms with van der Waals surface area (Å²) in [5.41, 5.74) is -0.869. The van der Waals surface area contributed by atoms with Crippen LogP contribution >= 0.6 is 0 Å². The van der Waals surface area contributed by atoms with Crippen molar-refractivity contribution in [3.8, 4) is 0 Å². The summed E-state index contributed by atoms with van der Waals surface area (Å²) in [7, 11) is 3.62. The van der Waals surface area contributed by atoms with E-state index in [1.54, 1.807) is 11.2 Å². The molecule has 6 nitrogen and oxygen atoms in total. The van der Waals surface area contributed by atoms with Crippen LogP contribution in [0.2, 0.25) is 0 Å². The van der Waals surface area contributed by atoms with Crippen molar-refractivity contribution in [1.29, 1.82) is 0 Å². The monoisotopic (exact) mass is 210 g/mol. The van der Waals surface area contributed by atoms with E-state index in [0.29, 0.717) is 12.4 Å². The van der Waals surface area contributed by atoms with Crippen LogP contribution in [0, 0.1) is 0 Å². The van der Waals surface area contributed by atoms with E-state index in [9.17, 15) is 9.59 Å². The lowest BCUT2D eigenvalue weighted by Gasteiger charge is -2.06. The van der Waals surface area contributed by atoms with Crippen molar-refractivity contribution in [2.75, 3.05) is 14.1 Å². The highest BCUT2D eigenvalue weighted by atomic mass is 16.2. The van der Waals surface area contributed by atoms with Gasteiger partial charge in [0, 0.05) is 26.7 Å². The second kappa shape index (κ2) is 4.59. The van der Waals surface area contributed by atoms with Gasteiger partial charge in [-0.2, -0.15) is 0 Å². The van der Waals surface area contributed by atoms with Gasteiger partial charge in [-0.05, 0) is 6.92 Å². The number of nitrogens with zero attached hydrogens (tertiary/aromatic N) is 3. The van der Waals surface area contributed by atoms with Crippen molar-refractivity contribution < 1.29 is 0 Å². The van der Waals surface area contributed by atoms with Crippen LogP contribution in [-0.2, 0) is 6.54 Å². The molecule has 0 saturated carbocycles. The molecule has 82 valence electrons. The zero-order valence-electron chi connectivity index (χ0n) is 9.02. The van der Waals surface area contributed by atoms with Crippen LogP contribution in [-0.4, -0.2) is 34.9 Å². The summed E-state index contributed by atoms with van der Waals surface area (Å²) in [4.78, 5) is 30.4. The van der Waals surface area contributed by atoms with Crippen LogP contribution in [0.5, 0.6) is 0 Å². The molecule has 0 spiro atoms. The maximum atomic E-state index is 11.4. The minimum absolute atomic E-state index is 0.361. The van der Waals surface area contributed by atoms with Crippen molar-refractivity contribution in [2.24, 2.45) is 4.99 Å². The summed E-state index contributed by atoms with van der Waals surface area (Å²) < 4.78 is 1.39. The normalized spacial score (nSPS) is 10.9. The van der Waals surface area contributed by atoms with Crippen molar-refractivity contribution >= 4 is 12.2 Å². The molecule has 0 amide bonds. The lowest BCUT2D eigenvalue weighted by Crippen LogP contribution is -2.28. The molecule has 0 unspecified atom stereocenters. The molecular formula is C9H14N4O2. The van der Waals surface area contributed by atoms with Gasteiger partial charge in [-0.15, -0.1) is 0 Å². The first kappa shape index (κ1) is 11.2. The summed E-state index contributed by atoms with van der Waals surface area (Å²) in [5.74, 6) is 0.361. The standard InChI is InChI=1S/C9H14N4O2/c1-4-13-7(10-6-12(2)3)5-8(14)11-9(13)15/h5-6H,4H2,1-3H3,(H,11,14,15)/b10-6+. The maximum Gasteiger partial charge on any atom is 0.329 e. The van der Waals surface area contributed by atoms with Crippen LogP contribution in [0.4, 0.5) is 5.82 Å². The van der Waals surface area contributed by atoms with Gasteiger partial charge >= 0.3 is 5.69 Å². The number of H-pyrrole nitrogens is 1. The first-order valence-electron chi connectivity index (χ1n) is 4.59. The highest BCUT2D eigenvalue weighted by molar-refractivity contribution is 5.58. The van der Waals surface area contributed by atoms with Crippen LogP contribution in [0.1, 0.15) is 6.92 Å². The largest absolute Gasteiger partial charge is 0.369 e. The van der Waals surface area contributed by atoms with Gasteiger partial charge in [-0.3, -0.25) is 14.3 Å². The molecule has 1 heterocycles. The van der Waals surface area contributed by atoms with Crippen LogP contribution in [0.15, 0.2) is 20.6 Å². The molecule has 0 atom stereocenters. The quantitative estimate of drug-likeness (QED) is 0.553. The minimum atomic E-state index is -0.435. The third-order valence-electron chi connectivity index (χ3n) is 1.75. The van der Waals surface area contributed by atoms with Gasteiger partial charge in [0.05, 0.1) is 6.34 Å². The van der Waals surface area contributed by atoms with E-state index in [2.05, 4.69) is 9.98 Å². The van der Waals surface area contributed by atoms with Crippen LogP contribution in [0.3, 0.4) is 0 Å². The fraction of sp³-hybridized carbons (Fsp3) is 0.444. The summed E-state index contributed by atoms with van der Waals surface area (Å²) in [6.07, 6.45) is 1.54. The Labute approximate surface area is 86.9 Å². The molecule has 1 rings (SSSR count). The minimum Gasteiger partial charge on any atom is -0.369 e. The fourth-order valence-corrected chi connectivity index (χ4v) is 1.10. The number of aliphatic imine (C=N–C) groups is 1. The third kappa shape index (κ3) is 2.80. The lowest BCUT2D eigenvalue weighted by molar-refractivity contribution is 0.639. The summed E-state index contributed by atoms with van der Waals surface area (Å²) in [5, 5.41) is 0. The lowest BCUT2D eigenvalue weighted by atomic mass is 10.5. The van der Waals surface area contributed by atoms with Crippen molar-refractivity contribution in [1.82, 2.24) is 14.5 Å². The first-order chi connectivity index (χ1) is 7.04. The molecule has 0 bridgehead atoms. The number of hydrogen-bond acceptors (Lipinski definition) is 3. The molecule has 0 aliphatic heterocycles. The van der Waals surface area contributed by atoms with Gasteiger partial charge in [0.15, 0.2) is 0 Å². The fourth-order valence-electron chi connectivity index (χ4n) is 1.10. The Bertz CT molecular complexity index is 470. The van der Waals surface area contributed by atoms with Gasteiger partial charge in [0.2, 0.25) is 0 Å². The van der Waals surface area contributed by atoms with E-state index in [4.69, 9.17) is 0 Å². The Kier molecular flexibility index (Phi) is 3.43. The number of hydrogen-bond donors (Lipinski definition) is 1. The Morgan fingerprint density at radius 3 is 2.73 bits per heavy atom. The van der Waals surface area contributed by atoms with E-state index in [1.807, 2.05) is 21.0 Å².